The third-order valence-corrected chi connectivity index (χ3v) is 7.75. The third kappa shape index (κ3) is 10.0. The zero-order chi connectivity index (χ0) is 33.2. The van der Waals surface area contributed by atoms with Crippen molar-refractivity contribution in [2.75, 3.05) is 0 Å². The molecule has 2 atom stereocenters. The number of aromatic hydroxyl groups is 1. The van der Waals surface area contributed by atoms with Crippen LogP contribution in [0.15, 0.2) is 71.6 Å². The first kappa shape index (κ1) is 35.1. The highest BCUT2D eigenvalue weighted by atomic mass is 32.2. The monoisotopic (exact) mass is 628 g/mol. The summed E-state index contributed by atoms with van der Waals surface area (Å²) in [6.45, 7) is 5.69. The maximum absolute atomic E-state index is 12.6. The van der Waals surface area contributed by atoms with Gasteiger partial charge in [-0.25, -0.2) is 22.7 Å². The molecule has 0 aromatic heterocycles. The second-order valence-electron chi connectivity index (χ2n) is 9.84. The number of aromatic carboxylic acids is 2. The molecule has 0 saturated heterocycles. The van der Waals surface area contributed by atoms with Crippen LogP contribution in [0.3, 0.4) is 0 Å². The highest BCUT2D eigenvalue weighted by Crippen LogP contribution is 2.23. The minimum Gasteiger partial charge on any atom is -0.507 e. The second-order valence-corrected chi connectivity index (χ2v) is 11.6. The normalized spacial score (nSPS) is 12.3. The van der Waals surface area contributed by atoms with E-state index in [1.54, 1.807) is 12.1 Å². The summed E-state index contributed by atoms with van der Waals surface area (Å²) in [5.41, 5.74) is 1.55. The molecular weight excluding hydrogens is 596 g/mol. The van der Waals surface area contributed by atoms with Crippen molar-refractivity contribution in [2.24, 2.45) is 0 Å². The number of aliphatic carboxylic acids is 1. The smallest absolute Gasteiger partial charge is 0.339 e. The molecule has 0 heterocycles. The van der Waals surface area contributed by atoms with Crippen LogP contribution in [0.5, 0.6) is 5.75 Å². The van der Waals surface area contributed by atoms with Crippen molar-refractivity contribution in [3.05, 3.63) is 94.5 Å². The molecule has 0 aliphatic carbocycles. The van der Waals surface area contributed by atoms with Crippen molar-refractivity contribution in [2.45, 2.75) is 50.1 Å². The molecule has 44 heavy (non-hydrogen) atoms. The van der Waals surface area contributed by atoms with Crippen LogP contribution in [0.4, 0.5) is 0 Å². The quantitative estimate of drug-likeness (QED) is 0.159. The summed E-state index contributed by atoms with van der Waals surface area (Å²) < 4.78 is 27.5. The van der Waals surface area contributed by atoms with Gasteiger partial charge in [-0.1, -0.05) is 38.1 Å². The summed E-state index contributed by atoms with van der Waals surface area (Å²) in [5.74, 6) is -4.39. The van der Waals surface area contributed by atoms with Crippen LogP contribution in [-0.4, -0.2) is 65.0 Å². The van der Waals surface area contributed by atoms with Gasteiger partial charge in [-0.05, 0) is 66.4 Å². The number of carboxylic acids is 3. The van der Waals surface area contributed by atoms with Crippen molar-refractivity contribution in [3.63, 3.8) is 0 Å². The van der Waals surface area contributed by atoms with Crippen LogP contribution in [0.2, 0.25) is 0 Å². The fourth-order valence-corrected chi connectivity index (χ4v) is 4.99. The highest BCUT2D eigenvalue weighted by Gasteiger charge is 2.22. The Morgan fingerprint density at radius 2 is 1.34 bits per heavy atom. The van der Waals surface area contributed by atoms with Crippen LogP contribution in [0, 0.1) is 0 Å². The Balaban J connectivity index is 0.000000469. The predicted octanol–water partition coefficient (Wildman–Crippen LogP) is 3.41. The molecule has 14 heteroatoms. The van der Waals surface area contributed by atoms with Gasteiger partial charge in [0.1, 0.15) is 17.6 Å². The molecule has 3 rings (SSSR count). The number of phenols is 1. The van der Waals surface area contributed by atoms with Crippen molar-refractivity contribution in [1.29, 1.82) is 0 Å². The lowest BCUT2D eigenvalue weighted by molar-refractivity contribution is -0.138. The molecule has 0 radical (unpaired) electrons. The van der Waals surface area contributed by atoms with Gasteiger partial charge in [-0.15, -0.1) is 0 Å². The Labute approximate surface area is 253 Å². The molecule has 13 nitrogen and oxygen atoms in total. The summed E-state index contributed by atoms with van der Waals surface area (Å²) in [5, 5.41) is 38.2. The topological polar surface area (TPSA) is 224 Å². The van der Waals surface area contributed by atoms with E-state index in [9.17, 15) is 37.5 Å². The number of sulfonamides is 1. The molecule has 0 aliphatic heterocycles. The van der Waals surface area contributed by atoms with Gasteiger partial charge in [0.05, 0.1) is 22.9 Å². The Bertz CT molecular complexity index is 1620. The van der Waals surface area contributed by atoms with E-state index in [1.165, 1.54) is 36.8 Å². The van der Waals surface area contributed by atoms with Gasteiger partial charge in [-0.2, -0.15) is 0 Å². The minimum absolute atomic E-state index is 0.130. The molecule has 1 unspecified atom stereocenters. The number of amides is 1. The van der Waals surface area contributed by atoms with Gasteiger partial charge in [0.2, 0.25) is 10.0 Å². The van der Waals surface area contributed by atoms with E-state index in [0.717, 1.165) is 18.2 Å². The Kier molecular flexibility index (Phi) is 12.3. The van der Waals surface area contributed by atoms with E-state index in [-0.39, 0.29) is 10.5 Å². The van der Waals surface area contributed by atoms with Crippen molar-refractivity contribution < 1.29 is 52.8 Å². The van der Waals surface area contributed by atoms with Gasteiger partial charge >= 0.3 is 17.9 Å². The maximum Gasteiger partial charge on any atom is 0.339 e. The SMILES string of the molecule is CC(C)c1ccc(C(=O)O)cc1.CC(NS(=O)(=O)c1ccc(O)c(C(=O)O)c1)c1ccc(C(=O)N[C@H](C=O)CC(=O)O)cc1. The van der Waals surface area contributed by atoms with E-state index >= 15 is 0 Å². The summed E-state index contributed by atoms with van der Waals surface area (Å²) in [6, 6.07) is 13.6. The number of nitrogens with one attached hydrogen (secondary N) is 2. The third-order valence-electron chi connectivity index (χ3n) is 6.21. The van der Waals surface area contributed by atoms with Crippen LogP contribution in [0.1, 0.15) is 81.4 Å². The lowest BCUT2D eigenvalue weighted by Crippen LogP contribution is -2.37. The zero-order valence-electron chi connectivity index (χ0n) is 23.9. The Hall–Kier alpha value is -5.08. The standard InChI is InChI=1S/C20H20N2O9S.C10H12O2/c1-11(22-32(30,31)15-6-7-17(24)16(9-15)20(28)29)12-2-4-13(5-3-12)19(27)21-14(10-23)8-18(25)26;1-7(2)8-3-5-9(6-4-8)10(11)12/h2-7,9-11,14,22,24H,8H2,1H3,(H,21,27)(H,25,26)(H,28,29);3-7H,1-2H3,(H,11,12)/t11?,14-;/m0./s1. The number of hydrogen-bond donors (Lipinski definition) is 6. The van der Waals surface area contributed by atoms with E-state index in [0.29, 0.717) is 23.3 Å². The molecule has 0 bridgehead atoms. The van der Waals surface area contributed by atoms with Gasteiger partial charge < -0.3 is 30.5 Å². The molecule has 0 fully saturated rings. The van der Waals surface area contributed by atoms with E-state index in [4.69, 9.17) is 15.3 Å². The molecule has 234 valence electrons. The van der Waals surface area contributed by atoms with Gasteiger partial charge in [-0.3, -0.25) is 9.59 Å². The molecular formula is C30H32N2O11S. The lowest BCUT2D eigenvalue weighted by Gasteiger charge is -2.16. The zero-order valence-corrected chi connectivity index (χ0v) is 24.7. The number of rotatable bonds is 12. The van der Waals surface area contributed by atoms with E-state index < -0.39 is 63.7 Å². The summed E-state index contributed by atoms with van der Waals surface area (Å²) in [7, 11) is -4.14. The number of aldehydes is 1. The summed E-state index contributed by atoms with van der Waals surface area (Å²) in [6.07, 6.45) is -0.247. The first-order chi connectivity index (χ1) is 20.5. The fraction of sp³-hybridized carbons (Fsp3) is 0.233. The summed E-state index contributed by atoms with van der Waals surface area (Å²) in [4.78, 5) is 55.0. The van der Waals surface area contributed by atoms with Gasteiger partial charge in [0.15, 0.2) is 0 Å². The van der Waals surface area contributed by atoms with E-state index in [1.807, 2.05) is 12.1 Å². The van der Waals surface area contributed by atoms with Crippen LogP contribution in [-0.2, 0) is 19.6 Å². The van der Waals surface area contributed by atoms with Crippen LogP contribution < -0.4 is 10.0 Å². The first-order valence-electron chi connectivity index (χ1n) is 13.1. The lowest BCUT2D eigenvalue weighted by atomic mass is 10.0. The predicted molar refractivity (Wildman–Crippen MR) is 157 cm³/mol. The van der Waals surface area contributed by atoms with E-state index in [2.05, 4.69) is 23.9 Å². The number of carboxylic acid groups (broad SMARTS) is 3. The first-order valence-corrected chi connectivity index (χ1v) is 14.5. The number of carbonyl (C=O) groups excluding carboxylic acids is 2. The molecule has 0 spiro atoms. The number of hydrogen-bond acceptors (Lipinski definition) is 8. The van der Waals surface area contributed by atoms with Crippen molar-refractivity contribution in [1.82, 2.24) is 10.0 Å². The Morgan fingerprint density at radius 3 is 1.82 bits per heavy atom. The van der Waals surface area contributed by atoms with Crippen LogP contribution in [0.25, 0.3) is 0 Å². The molecule has 3 aromatic carbocycles. The van der Waals surface area contributed by atoms with Gasteiger partial charge in [0, 0.05) is 11.6 Å². The van der Waals surface area contributed by atoms with Crippen LogP contribution >= 0.6 is 0 Å². The molecule has 0 aliphatic rings. The average Bonchev–Trinajstić information content (AvgIpc) is 2.96. The molecule has 0 saturated carbocycles. The van der Waals surface area contributed by atoms with Crippen molar-refractivity contribution in [3.8, 4) is 5.75 Å². The number of benzene rings is 3. The Morgan fingerprint density at radius 1 is 0.795 bits per heavy atom. The maximum atomic E-state index is 12.6. The van der Waals surface area contributed by atoms with Gasteiger partial charge in [0.25, 0.3) is 5.91 Å². The fourth-order valence-electron chi connectivity index (χ4n) is 3.73. The second kappa shape index (κ2) is 15.4. The number of carbonyl (C=O) groups is 5. The molecule has 6 N–H and O–H groups in total. The van der Waals surface area contributed by atoms with Crippen molar-refractivity contribution >= 4 is 40.1 Å². The molecule has 1 amide bonds. The minimum atomic E-state index is -4.14. The summed E-state index contributed by atoms with van der Waals surface area (Å²) >= 11 is 0. The largest absolute Gasteiger partial charge is 0.507 e. The average molecular weight is 629 g/mol. The highest BCUT2D eigenvalue weighted by molar-refractivity contribution is 7.89. The molecule has 3 aromatic rings.